The molecule has 3 aromatic rings. The summed E-state index contributed by atoms with van der Waals surface area (Å²) in [6, 6.07) is 14.3. The lowest BCUT2D eigenvalue weighted by Crippen LogP contribution is -2.51. The summed E-state index contributed by atoms with van der Waals surface area (Å²) in [6.45, 7) is 7.65. The Labute approximate surface area is 203 Å². The summed E-state index contributed by atoms with van der Waals surface area (Å²) in [5, 5.41) is 15.1. The number of hydrogen-bond donors (Lipinski definition) is 1. The largest absolute Gasteiger partial charge is 0.593 e. The van der Waals surface area contributed by atoms with Gasteiger partial charge >= 0.3 is 0 Å². The van der Waals surface area contributed by atoms with Gasteiger partial charge in [-0.2, -0.15) is 5.10 Å². The lowest BCUT2D eigenvalue weighted by Gasteiger charge is -2.44. The van der Waals surface area contributed by atoms with E-state index in [4.69, 9.17) is 0 Å². The molecule has 2 atom stereocenters. The molecule has 1 aromatic heterocycles. The molecule has 34 heavy (non-hydrogen) atoms. The van der Waals surface area contributed by atoms with Crippen LogP contribution in [0.4, 0.5) is 4.39 Å². The summed E-state index contributed by atoms with van der Waals surface area (Å²) in [5.41, 5.74) is 4.73. The van der Waals surface area contributed by atoms with Crippen molar-refractivity contribution in [3.8, 4) is 5.69 Å². The summed E-state index contributed by atoms with van der Waals surface area (Å²) in [4.78, 5) is 0.786. The molecular formula is C27H30FN3O2S. The molecular weight excluding hydrogens is 449 g/mol. The van der Waals surface area contributed by atoms with Gasteiger partial charge in [0.25, 0.3) is 0 Å². The highest BCUT2D eigenvalue weighted by Gasteiger charge is 2.46. The second-order valence-corrected chi connectivity index (χ2v) is 11.9. The number of aliphatic hydroxyl groups excluding tert-OH is 1. The molecule has 1 N–H and O–H groups in total. The molecule has 1 saturated heterocycles. The first kappa shape index (κ1) is 23.3. The van der Waals surface area contributed by atoms with E-state index >= 15 is 0 Å². The highest BCUT2D eigenvalue weighted by Crippen LogP contribution is 2.45. The lowest BCUT2D eigenvalue weighted by atomic mass is 9.69. The van der Waals surface area contributed by atoms with Crippen molar-refractivity contribution in [2.24, 2.45) is 5.41 Å². The monoisotopic (exact) mass is 479 g/mol. The van der Waals surface area contributed by atoms with Gasteiger partial charge in [-0.15, -0.1) is 4.31 Å². The number of hydrogen-bond acceptors (Lipinski definition) is 4. The first-order valence-electron chi connectivity index (χ1n) is 11.6. The molecule has 2 aliphatic rings. The minimum Gasteiger partial charge on any atom is -0.593 e. The van der Waals surface area contributed by atoms with Crippen molar-refractivity contribution in [3.05, 3.63) is 82.9 Å². The van der Waals surface area contributed by atoms with E-state index < -0.39 is 16.8 Å². The van der Waals surface area contributed by atoms with Crippen LogP contribution < -0.4 is 0 Å². The molecule has 1 aliphatic carbocycles. The number of halogens is 1. The first-order valence-corrected chi connectivity index (χ1v) is 12.7. The van der Waals surface area contributed by atoms with Gasteiger partial charge in [0, 0.05) is 12.0 Å². The number of fused-ring (bicyclic) bond motifs is 2. The third-order valence-electron chi connectivity index (χ3n) is 7.05. The molecule has 0 amide bonds. The molecule has 5 nitrogen and oxygen atoms in total. The van der Waals surface area contributed by atoms with E-state index in [1.54, 1.807) is 12.1 Å². The van der Waals surface area contributed by atoms with Crippen LogP contribution in [0.2, 0.25) is 0 Å². The third-order valence-corrected chi connectivity index (χ3v) is 8.50. The normalized spacial score (nSPS) is 21.5. The Hall–Kier alpha value is -2.45. The Kier molecular flexibility index (Phi) is 5.92. The maximum absolute atomic E-state index is 13.4. The van der Waals surface area contributed by atoms with Crippen LogP contribution in [0.3, 0.4) is 0 Å². The molecule has 1 fully saturated rings. The Morgan fingerprint density at radius 3 is 2.47 bits per heavy atom. The highest BCUT2D eigenvalue weighted by atomic mass is 32.2. The van der Waals surface area contributed by atoms with E-state index in [0.717, 1.165) is 33.8 Å². The van der Waals surface area contributed by atoms with Gasteiger partial charge < -0.3 is 9.66 Å². The van der Waals surface area contributed by atoms with Gasteiger partial charge in [-0.3, -0.25) is 0 Å². The standard InChI is InChI=1S/C27H30FN3O2S/c1-26(2,3)20-4-10-24(11-5-20)34(33)30-13-12-21-14-25-19(15-27(21,17-30)18-32)16-29-31(25)23-8-6-22(28)7-9-23/h4-11,14,16,32H,12-13,15,17-18H2,1-3H3/t27-,34?/m1/s1. The summed E-state index contributed by atoms with van der Waals surface area (Å²) >= 11 is -1.29. The van der Waals surface area contributed by atoms with E-state index in [2.05, 4.69) is 44.1 Å². The fourth-order valence-electron chi connectivity index (χ4n) is 4.99. The SMILES string of the molecule is CC(C)(C)c1ccc([S+]([O-])N2CCC3=Cc4c(cnn4-c4ccc(F)cc4)C[C@]3(CO)C2)cc1. The molecule has 2 heterocycles. The Balaban J connectivity index is 1.40. The topological polar surface area (TPSA) is 64.3 Å². The lowest BCUT2D eigenvalue weighted by molar-refractivity contribution is 0.111. The maximum Gasteiger partial charge on any atom is 0.174 e. The summed E-state index contributed by atoms with van der Waals surface area (Å²) in [5.74, 6) is -0.282. The zero-order valence-corrected chi connectivity index (χ0v) is 20.6. The minimum atomic E-state index is -1.29. The molecule has 1 unspecified atom stereocenters. The van der Waals surface area contributed by atoms with Crippen LogP contribution in [0.15, 0.2) is 65.2 Å². The van der Waals surface area contributed by atoms with Gasteiger partial charge in [0.1, 0.15) is 5.82 Å². The fourth-order valence-corrected chi connectivity index (χ4v) is 6.28. The second-order valence-electron chi connectivity index (χ2n) is 10.4. The van der Waals surface area contributed by atoms with Gasteiger partial charge in [-0.25, -0.2) is 9.07 Å². The number of aliphatic hydroxyl groups is 1. The van der Waals surface area contributed by atoms with E-state index in [-0.39, 0.29) is 17.8 Å². The molecule has 178 valence electrons. The molecule has 5 rings (SSSR count). The summed E-state index contributed by atoms with van der Waals surface area (Å²) in [6.07, 6.45) is 5.29. The molecule has 0 spiro atoms. The maximum atomic E-state index is 13.4. The van der Waals surface area contributed by atoms with Crippen molar-refractivity contribution in [2.75, 3.05) is 19.7 Å². The fraction of sp³-hybridized carbons (Fsp3) is 0.370. The number of nitrogens with zero attached hydrogens (tertiary/aromatic N) is 3. The quantitative estimate of drug-likeness (QED) is 0.553. The summed E-state index contributed by atoms with van der Waals surface area (Å²) in [7, 11) is 0. The molecule has 0 radical (unpaired) electrons. The Morgan fingerprint density at radius 1 is 1.12 bits per heavy atom. The Morgan fingerprint density at radius 2 is 1.82 bits per heavy atom. The molecule has 7 heteroatoms. The van der Waals surface area contributed by atoms with Crippen LogP contribution in [0.25, 0.3) is 11.8 Å². The summed E-state index contributed by atoms with van der Waals surface area (Å²) < 4.78 is 30.6. The number of piperidine rings is 1. The van der Waals surface area contributed by atoms with Crippen molar-refractivity contribution in [2.45, 2.75) is 43.9 Å². The van der Waals surface area contributed by atoms with Gasteiger partial charge in [-0.1, -0.05) is 38.5 Å². The zero-order chi connectivity index (χ0) is 24.1. The van der Waals surface area contributed by atoms with Crippen LogP contribution >= 0.6 is 0 Å². The average molecular weight is 480 g/mol. The minimum absolute atomic E-state index is 0.0172. The van der Waals surface area contributed by atoms with Gasteiger partial charge in [0.15, 0.2) is 4.90 Å². The average Bonchev–Trinajstić information content (AvgIpc) is 3.24. The van der Waals surface area contributed by atoms with Crippen molar-refractivity contribution < 1.29 is 14.0 Å². The molecule has 2 aromatic carbocycles. The molecule has 1 aliphatic heterocycles. The molecule has 0 saturated carbocycles. The van der Waals surface area contributed by atoms with Crippen LogP contribution in [0, 0.1) is 11.2 Å². The Bertz CT molecular complexity index is 1210. The number of aromatic nitrogens is 2. The van der Waals surface area contributed by atoms with Gasteiger partial charge in [0.2, 0.25) is 0 Å². The van der Waals surface area contributed by atoms with Crippen molar-refractivity contribution >= 4 is 17.4 Å². The van der Waals surface area contributed by atoms with Gasteiger partial charge in [-0.05, 0) is 71.9 Å². The zero-order valence-electron chi connectivity index (χ0n) is 19.8. The van der Waals surface area contributed by atoms with Crippen molar-refractivity contribution in [1.82, 2.24) is 14.1 Å². The van der Waals surface area contributed by atoms with Crippen LogP contribution in [0.1, 0.15) is 44.0 Å². The molecule has 0 bridgehead atoms. The second kappa shape index (κ2) is 8.64. The van der Waals surface area contributed by atoms with Crippen LogP contribution in [0.5, 0.6) is 0 Å². The number of benzene rings is 2. The van der Waals surface area contributed by atoms with Crippen molar-refractivity contribution in [1.29, 1.82) is 0 Å². The van der Waals surface area contributed by atoms with Crippen LogP contribution in [-0.4, -0.2) is 43.4 Å². The smallest absolute Gasteiger partial charge is 0.174 e. The van der Waals surface area contributed by atoms with E-state index in [0.29, 0.717) is 19.5 Å². The number of rotatable bonds is 4. The predicted octanol–water partition coefficient (Wildman–Crippen LogP) is 4.66. The highest BCUT2D eigenvalue weighted by molar-refractivity contribution is 7.89. The van der Waals surface area contributed by atoms with E-state index in [9.17, 15) is 14.0 Å². The van der Waals surface area contributed by atoms with E-state index in [1.807, 2.05) is 27.3 Å². The van der Waals surface area contributed by atoms with Crippen LogP contribution in [-0.2, 0) is 23.2 Å². The van der Waals surface area contributed by atoms with E-state index in [1.165, 1.54) is 17.7 Å². The van der Waals surface area contributed by atoms with Gasteiger partial charge in [0.05, 0.1) is 42.1 Å². The predicted molar refractivity (Wildman–Crippen MR) is 132 cm³/mol. The van der Waals surface area contributed by atoms with Crippen molar-refractivity contribution in [3.63, 3.8) is 0 Å². The first-order chi connectivity index (χ1) is 16.2. The third kappa shape index (κ3) is 4.11.